The zero-order chi connectivity index (χ0) is 28.5. The number of imidazole rings is 1. The van der Waals surface area contributed by atoms with E-state index in [1.165, 1.54) is 16.2 Å². The summed E-state index contributed by atoms with van der Waals surface area (Å²) in [6.45, 7) is 4.33. The summed E-state index contributed by atoms with van der Waals surface area (Å²) in [7, 11) is 0. The fraction of sp³-hybridized carbons (Fsp3) is 0.161. The molecule has 0 saturated carbocycles. The van der Waals surface area contributed by atoms with E-state index in [9.17, 15) is 14.7 Å². The molecule has 6 rings (SSSR count). The van der Waals surface area contributed by atoms with Gasteiger partial charge in [0.2, 0.25) is 0 Å². The number of benzene rings is 2. The predicted octanol–water partition coefficient (Wildman–Crippen LogP) is 5.70. The largest absolute Gasteiger partial charge is 0.505 e. The number of ether oxygens (including phenoxy) is 2. The van der Waals surface area contributed by atoms with Crippen LogP contribution in [0.4, 0.5) is 5.13 Å². The summed E-state index contributed by atoms with van der Waals surface area (Å²) in [4.78, 5) is 37.2. The molecule has 3 aromatic heterocycles. The summed E-state index contributed by atoms with van der Waals surface area (Å²) < 4.78 is 13.7. The summed E-state index contributed by atoms with van der Waals surface area (Å²) in [6.07, 6.45) is 3.32. The number of hydrogen-bond donors (Lipinski definition) is 1. The van der Waals surface area contributed by atoms with E-state index >= 15 is 0 Å². The number of hydrogen-bond acceptors (Lipinski definition) is 8. The predicted molar refractivity (Wildman–Crippen MR) is 155 cm³/mol. The highest BCUT2D eigenvalue weighted by Gasteiger charge is 2.48. The number of aromatic nitrogens is 3. The second kappa shape index (κ2) is 10.9. The van der Waals surface area contributed by atoms with Crippen LogP contribution in [0.2, 0.25) is 0 Å². The first-order valence-electron chi connectivity index (χ1n) is 13.1. The van der Waals surface area contributed by atoms with E-state index in [0.29, 0.717) is 52.4 Å². The third kappa shape index (κ3) is 4.72. The first-order valence-corrected chi connectivity index (χ1v) is 13.9. The lowest BCUT2D eigenvalue weighted by Gasteiger charge is -2.24. The van der Waals surface area contributed by atoms with Gasteiger partial charge in [-0.05, 0) is 49.2 Å². The number of carbonyl (C=O) groups is 2. The van der Waals surface area contributed by atoms with Crippen molar-refractivity contribution in [1.82, 2.24) is 14.4 Å². The van der Waals surface area contributed by atoms with E-state index in [-0.39, 0.29) is 11.3 Å². The minimum Gasteiger partial charge on any atom is -0.505 e. The van der Waals surface area contributed by atoms with Gasteiger partial charge in [-0.15, -0.1) is 11.3 Å². The molecule has 9 nitrogen and oxygen atoms in total. The first-order chi connectivity index (χ1) is 20.0. The second-order valence-corrected chi connectivity index (χ2v) is 10.2. The van der Waals surface area contributed by atoms with Gasteiger partial charge in [-0.1, -0.05) is 42.5 Å². The molecule has 0 spiro atoms. The van der Waals surface area contributed by atoms with Gasteiger partial charge in [0.1, 0.15) is 17.9 Å². The van der Waals surface area contributed by atoms with E-state index in [0.717, 1.165) is 5.56 Å². The van der Waals surface area contributed by atoms with E-state index in [4.69, 9.17) is 9.47 Å². The molecule has 0 radical (unpaired) electrons. The monoisotopic (exact) mass is 566 g/mol. The van der Waals surface area contributed by atoms with E-state index < -0.39 is 17.7 Å². The highest BCUT2D eigenvalue weighted by molar-refractivity contribution is 7.14. The minimum absolute atomic E-state index is 0.0562. The maximum absolute atomic E-state index is 13.6. The molecule has 1 N–H and O–H groups in total. The summed E-state index contributed by atoms with van der Waals surface area (Å²) >= 11 is 1.23. The standard InChI is InChI=1S/C31H26N4O5S/c1-3-39-23-17-21(12-13-22(23)40-18-20-9-5-4-6-10-20)27-25(29(37)30(38)35(27)31-32-14-16-41-31)28(36)26-19(2)33-24-11-7-8-15-34(24)26/h4-17,27,36H,3,18H2,1-2H3/b28-25+. The Morgan fingerprint density at radius 1 is 1.02 bits per heavy atom. The summed E-state index contributed by atoms with van der Waals surface area (Å²) in [5, 5.41) is 13.8. The summed E-state index contributed by atoms with van der Waals surface area (Å²) in [5.41, 5.74) is 2.97. The van der Waals surface area contributed by atoms with Crippen molar-refractivity contribution < 1.29 is 24.2 Å². The van der Waals surface area contributed by atoms with Crippen LogP contribution in [0.25, 0.3) is 11.4 Å². The number of pyridine rings is 1. The number of nitrogens with zero attached hydrogens (tertiary/aromatic N) is 4. The van der Waals surface area contributed by atoms with Gasteiger partial charge in [0.05, 0.1) is 23.9 Å². The zero-order valence-corrected chi connectivity index (χ0v) is 23.2. The molecular formula is C31H26N4O5S. The number of aryl methyl sites for hydroxylation is 1. The molecule has 206 valence electrons. The molecular weight excluding hydrogens is 540 g/mol. The fourth-order valence-electron chi connectivity index (χ4n) is 5.02. The molecule has 0 aliphatic carbocycles. The lowest BCUT2D eigenvalue weighted by atomic mass is 9.96. The van der Waals surface area contributed by atoms with Crippen LogP contribution in [0.3, 0.4) is 0 Å². The third-order valence-corrected chi connectivity index (χ3v) is 7.59. The molecule has 1 unspecified atom stereocenters. The van der Waals surface area contributed by atoms with Crippen LogP contribution >= 0.6 is 11.3 Å². The van der Waals surface area contributed by atoms with Crippen LogP contribution in [0.15, 0.2) is 90.1 Å². The van der Waals surface area contributed by atoms with Crippen molar-refractivity contribution in [3.05, 3.63) is 113 Å². The molecule has 1 amide bonds. The molecule has 5 aromatic rings. The number of Topliss-reactive ketones (excluding diaryl/α,β-unsaturated/α-hetero) is 1. The zero-order valence-electron chi connectivity index (χ0n) is 22.4. The number of carbonyl (C=O) groups excluding carboxylic acids is 2. The number of aliphatic hydroxyl groups excluding tert-OH is 1. The Morgan fingerprint density at radius 2 is 1.83 bits per heavy atom. The number of ketones is 1. The molecule has 4 heterocycles. The van der Waals surface area contributed by atoms with Gasteiger partial charge in [-0.3, -0.25) is 18.9 Å². The minimum atomic E-state index is -0.961. The second-order valence-electron chi connectivity index (χ2n) is 9.37. The summed E-state index contributed by atoms with van der Waals surface area (Å²) in [5.74, 6) is -0.929. The van der Waals surface area contributed by atoms with Gasteiger partial charge >= 0.3 is 5.91 Å². The fourth-order valence-corrected chi connectivity index (χ4v) is 5.69. The van der Waals surface area contributed by atoms with Crippen LogP contribution in [-0.2, 0) is 16.2 Å². The molecule has 41 heavy (non-hydrogen) atoms. The van der Waals surface area contributed by atoms with Crippen molar-refractivity contribution in [3.8, 4) is 11.5 Å². The smallest absolute Gasteiger partial charge is 0.301 e. The van der Waals surface area contributed by atoms with Gasteiger partial charge in [0.15, 0.2) is 22.4 Å². The molecule has 1 aliphatic heterocycles. The number of thiazole rings is 1. The average Bonchev–Trinajstić information content (AvgIpc) is 3.69. The average molecular weight is 567 g/mol. The number of anilines is 1. The van der Waals surface area contributed by atoms with Gasteiger partial charge in [-0.25, -0.2) is 9.97 Å². The Morgan fingerprint density at radius 3 is 2.59 bits per heavy atom. The molecule has 0 bridgehead atoms. The lowest BCUT2D eigenvalue weighted by Crippen LogP contribution is -2.29. The van der Waals surface area contributed by atoms with Crippen LogP contribution in [0.5, 0.6) is 11.5 Å². The van der Waals surface area contributed by atoms with Gasteiger partial charge in [0.25, 0.3) is 5.78 Å². The highest BCUT2D eigenvalue weighted by atomic mass is 32.1. The summed E-state index contributed by atoms with van der Waals surface area (Å²) in [6, 6.07) is 19.5. The first kappa shape index (κ1) is 26.3. The number of fused-ring (bicyclic) bond motifs is 1. The Bertz CT molecular complexity index is 1780. The molecule has 10 heteroatoms. The van der Waals surface area contributed by atoms with E-state index in [2.05, 4.69) is 9.97 Å². The van der Waals surface area contributed by atoms with E-state index in [1.54, 1.807) is 59.4 Å². The topological polar surface area (TPSA) is 106 Å². The van der Waals surface area contributed by atoms with Crippen molar-refractivity contribution in [2.45, 2.75) is 26.5 Å². The van der Waals surface area contributed by atoms with Crippen molar-refractivity contribution >= 4 is 39.6 Å². The quantitative estimate of drug-likeness (QED) is 0.146. The third-order valence-electron chi connectivity index (χ3n) is 6.82. The van der Waals surface area contributed by atoms with Crippen LogP contribution in [0.1, 0.15) is 35.5 Å². The number of amides is 1. The highest BCUT2D eigenvalue weighted by Crippen LogP contribution is 2.45. The molecule has 1 fully saturated rings. The Kier molecular flexibility index (Phi) is 6.98. The van der Waals surface area contributed by atoms with Crippen LogP contribution in [-0.4, -0.2) is 37.8 Å². The van der Waals surface area contributed by atoms with Crippen molar-refractivity contribution in [2.75, 3.05) is 11.5 Å². The normalized spacial score (nSPS) is 16.4. The van der Waals surface area contributed by atoms with Gasteiger partial charge in [0, 0.05) is 17.8 Å². The van der Waals surface area contributed by atoms with Crippen molar-refractivity contribution in [2.24, 2.45) is 0 Å². The molecule has 1 saturated heterocycles. The van der Waals surface area contributed by atoms with Crippen LogP contribution in [0, 0.1) is 6.92 Å². The Balaban J connectivity index is 1.49. The van der Waals surface area contributed by atoms with Crippen LogP contribution < -0.4 is 14.4 Å². The van der Waals surface area contributed by atoms with Crippen molar-refractivity contribution in [3.63, 3.8) is 0 Å². The Labute approximate surface area is 239 Å². The van der Waals surface area contributed by atoms with Gasteiger partial charge < -0.3 is 14.6 Å². The number of rotatable bonds is 8. The molecule has 2 aromatic carbocycles. The molecule has 1 aliphatic rings. The Hall–Kier alpha value is -4.96. The number of aliphatic hydroxyl groups is 1. The SMILES string of the molecule is CCOc1cc(C2/C(=C(\O)c3c(C)nc4ccccn34)C(=O)C(=O)N2c2nccs2)ccc1OCc1ccccc1. The van der Waals surface area contributed by atoms with E-state index in [1.807, 2.05) is 43.3 Å². The van der Waals surface area contributed by atoms with Crippen molar-refractivity contribution in [1.29, 1.82) is 0 Å². The molecule has 1 atom stereocenters. The van der Waals surface area contributed by atoms with Gasteiger partial charge in [-0.2, -0.15) is 0 Å². The lowest BCUT2D eigenvalue weighted by molar-refractivity contribution is -0.132. The maximum atomic E-state index is 13.6. The maximum Gasteiger partial charge on any atom is 0.301 e.